The fraction of sp³-hybridized carbons (Fsp3) is 0.647. The molecule has 1 N–H and O–H groups in total. The zero-order valence-electron chi connectivity index (χ0n) is 13.0. The zero-order chi connectivity index (χ0) is 13.8. The van der Waals surface area contributed by atoms with Gasteiger partial charge in [0, 0.05) is 32.2 Å². The maximum absolute atomic E-state index is 13.6. The van der Waals surface area contributed by atoms with Crippen LogP contribution in [-0.2, 0) is 0 Å². The van der Waals surface area contributed by atoms with Gasteiger partial charge in [0.15, 0.2) is 0 Å². The second-order valence-electron chi connectivity index (χ2n) is 6.18. The number of nitrogens with zero attached hydrogens (tertiary/aromatic N) is 1. The summed E-state index contributed by atoms with van der Waals surface area (Å²) in [5.41, 5.74) is 1.18. The summed E-state index contributed by atoms with van der Waals surface area (Å²) in [4.78, 5) is 2.57. The van der Waals surface area contributed by atoms with Gasteiger partial charge in [0.2, 0.25) is 0 Å². The SMILES string of the molecule is Cl.Cl.Fc1cccc([C@H](C2CCCCC2)N2CCNCC2)c1. The van der Waals surface area contributed by atoms with E-state index in [0.717, 1.165) is 26.2 Å². The second kappa shape index (κ2) is 9.71. The summed E-state index contributed by atoms with van der Waals surface area (Å²) < 4.78 is 13.6. The lowest BCUT2D eigenvalue weighted by atomic mass is 9.80. The lowest BCUT2D eigenvalue weighted by molar-refractivity contribution is 0.103. The van der Waals surface area contributed by atoms with Crippen LogP contribution in [-0.4, -0.2) is 31.1 Å². The number of rotatable bonds is 3. The van der Waals surface area contributed by atoms with Gasteiger partial charge in [-0.2, -0.15) is 0 Å². The highest BCUT2D eigenvalue weighted by Crippen LogP contribution is 2.38. The lowest BCUT2D eigenvalue weighted by Gasteiger charge is -2.41. The first-order valence-electron chi connectivity index (χ1n) is 8.05. The van der Waals surface area contributed by atoms with Crippen molar-refractivity contribution in [3.63, 3.8) is 0 Å². The van der Waals surface area contributed by atoms with Crippen molar-refractivity contribution in [2.45, 2.75) is 38.1 Å². The average Bonchev–Trinajstić information content (AvgIpc) is 2.50. The van der Waals surface area contributed by atoms with Crippen LogP contribution in [0.15, 0.2) is 24.3 Å². The van der Waals surface area contributed by atoms with Crippen LogP contribution < -0.4 is 5.32 Å². The Morgan fingerprint density at radius 2 is 1.73 bits per heavy atom. The lowest BCUT2D eigenvalue weighted by Crippen LogP contribution is -2.47. The molecule has 5 heteroatoms. The van der Waals surface area contributed by atoms with Crippen LogP contribution in [0.4, 0.5) is 4.39 Å². The highest BCUT2D eigenvalue weighted by Gasteiger charge is 2.30. The Bertz CT molecular complexity index is 414. The molecule has 2 aliphatic rings. The van der Waals surface area contributed by atoms with Crippen molar-refractivity contribution in [3.8, 4) is 0 Å². The minimum atomic E-state index is -0.0987. The zero-order valence-corrected chi connectivity index (χ0v) is 14.6. The van der Waals surface area contributed by atoms with Crippen LogP contribution in [0, 0.1) is 11.7 Å². The third-order valence-electron chi connectivity index (χ3n) is 4.83. The van der Waals surface area contributed by atoms with Gasteiger partial charge in [-0.05, 0) is 36.5 Å². The first kappa shape index (κ1) is 19.7. The number of benzene rings is 1. The van der Waals surface area contributed by atoms with E-state index in [9.17, 15) is 4.39 Å². The normalized spacial score (nSPS) is 21.5. The number of hydrogen-bond donors (Lipinski definition) is 1. The van der Waals surface area contributed by atoms with Crippen molar-refractivity contribution >= 4 is 24.8 Å². The second-order valence-corrected chi connectivity index (χ2v) is 6.18. The van der Waals surface area contributed by atoms with E-state index in [-0.39, 0.29) is 30.6 Å². The molecule has 1 aliphatic carbocycles. The summed E-state index contributed by atoms with van der Waals surface area (Å²) in [7, 11) is 0. The Balaban J connectivity index is 0.00000121. The molecule has 0 unspecified atom stereocenters. The Kier molecular flexibility index (Phi) is 8.70. The molecule has 3 rings (SSSR count). The van der Waals surface area contributed by atoms with Crippen LogP contribution in [0.3, 0.4) is 0 Å². The number of hydrogen-bond acceptors (Lipinski definition) is 2. The number of piperazine rings is 1. The Morgan fingerprint density at radius 3 is 2.36 bits per heavy atom. The molecule has 0 bridgehead atoms. The van der Waals surface area contributed by atoms with Gasteiger partial charge in [-0.3, -0.25) is 4.90 Å². The van der Waals surface area contributed by atoms with Gasteiger partial charge in [0.25, 0.3) is 0 Å². The predicted octanol–water partition coefficient (Wildman–Crippen LogP) is 4.20. The van der Waals surface area contributed by atoms with Gasteiger partial charge in [-0.1, -0.05) is 31.4 Å². The molecular formula is C17H27Cl2FN2. The van der Waals surface area contributed by atoms with E-state index in [0.29, 0.717) is 12.0 Å². The molecule has 2 nitrogen and oxygen atoms in total. The molecular weight excluding hydrogens is 322 g/mol. The molecule has 0 radical (unpaired) electrons. The molecule has 1 heterocycles. The third kappa shape index (κ3) is 4.82. The standard InChI is InChI=1S/C17H25FN2.2ClH/c18-16-8-4-7-15(13-16)17(14-5-2-1-3-6-14)20-11-9-19-10-12-20;;/h4,7-8,13-14,17,19H,1-3,5-6,9-12H2;2*1H/t17-;;/m0../s1. The molecule has 126 valence electrons. The summed E-state index contributed by atoms with van der Waals surface area (Å²) in [6, 6.07) is 7.70. The van der Waals surface area contributed by atoms with Crippen molar-refractivity contribution in [3.05, 3.63) is 35.6 Å². The van der Waals surface area contributed by atoms with Gasteiger partial charge >= 0.3 is 0 Å². The predicted molar refractivity (Wildman–Crippen MR) is 94.7 cm³/mol. The minimum absolute atomic E-state index is 0. The van der Waals surface area contributed by atoms with Crippen LogP contribution in [0.2, 0.25) is 0 Å². The monoisotopic (exact) mass is 348 g/mol. The fourth-order valence-electron chi connectivity index (χ4n) is 3.88. The van der Waals surface area contributed by atoms with Crippen molar-refractivity contribution in [2.75, 3.05) is 26.2 Å². The van der Waals surface area contributed by atoms with Crippen LogP contribution in [0.25, 0.3) is 0 Å². The summed E-state index contributed by atoms with van der Waals surface area (Å²) in [6.07, 6.45) is 6.63. The van der Waals surface area contributed by atoms with Crippen LogP contribution in [0.1, 0.15) is 43.7 Å². The smallest absolute Gasteiger partial charge is 0.123 e. The maximum atomic E-state index is 13.6. The quantitative estimate of drug-likeness (QED) is 0.880. The van der Waals surface area contributed by atoms with Crippen molar-refractivity contribution < 1.29 is 4.39 Å². The molecule has 22 heavy (non-hydrogen) atoms. The van der Waals surface area contributed by atoms with E-state index in [1.165, 1.54) is 37.7 Å². The van der Waals surface area contributed by atoms with Crippen molar-refractivity contribution in [1.29, 1.82) is 0 Å². The Labute approximate surface area is 145 Å². The van der Waals surface area contributed by atoms with E-state index in [4.69, 9.17) is 0 Å². The molecule has 1 aromatic carbocycles. The molecule has 1 aliphatic heterocycles. The van der Waals surface area contributed by atoms with Gasteiger partial charge in [-0.25, -0.2) is 4.39 Å². The van der Waals surface area contributed by atoms with E-state index in [1.54, 1.807) is 12.1 Å². The van der Waals surface area contributed by atoms with Crippen LogP contribution >= 0.6 is 24.8 Å². The van der Waals surface area contributed by atoms with Gasteiger partial charge in [0.1, 0.15) is 5.82 Å². The maximum Gasteiger partial charge on any atom is 0.123 e. The summed E-state index contributed by atoms with van der Waals surface area (Å²) >= 11 is 0. The summed E-state index contributed by atoms with van der Waals surface area (Å²) in [5.74, 6) is 0.599. The van der Waals surface area contributed by atoms with E-state index >= 15 is 0 Å². The molecule has 2 fully saturated rings. The van der Waals surface area contributed by atoms with Gasteiger partial charge < -0.3 is 5.32 Å². The number of halogens is 3. The third-order valence-corrected chi connectivity index (χ3v) is 4.83. The van der Waals surface area contributed by atoms with Crippen molar-refractivity contribution in [2.24, 2.45) is 5.92 Å². The summed E-state index contributed by atoms with van der Waals surface area (Å²) in [5, 5.41) is 3.42. The van der Waals surface area contributed by atoms with E-state index in [1.807, 2.05) is 6.07 Å². The van der Waals surface area contributed by atoms with E-state index < -0.39 is 0 Å². The van der Waals surface area contributed by atoms with Gasteiger partial charge in [-0.15, -0.1) is 24.8 Å². The number of nitrogens with one attached hydrogen (secondary N) is 1. The molecule has 1 aromatic rings. The Morgan fingerprint density at radius 1 is 1.05 bits per heavy atom. The Hall–Kier alpha value is -0.350. The van der Waals surface area contributed by atoms with Crippen LogP contribution in [0.5, 0.6) is 0 Å². The van der Waals surface area contributed by atoms with Gasteiger partial charge in [0.05, 0.1) is 0 Å². The summed E-state index contributed by atoms with van der Waals surface area (Å²) in [6.45, 7) is 4.27. The minimum Gasteiger partial charge on any atom is -0.314 e. The molecule has 1 saturated heterocycles. The molecule has 0 spiro atoms. The first-order valence-corrected chi connectivity index (χ1v) is 8.05. The molecule has 0 aromatic heterocycles. The first-order chi connectivity index (χ1) is 9.84. The molecule has 1 saturated carbocycles. The molecule has 0 amide bonds. The largest absolute Gasteiger partial charge is 0.314 e. The molecule has 1 atom stereocenters. The highest BCUT2D eigenvalue weighted by atomic mass is 35.5. The van der Waals surface area contributed by atoms with E-state index in [2.05, 4.69) is 16.3 Å². The average molecular weight is 349 g/mol. The highest BCUT2D eigenvalue weighted by molar-refractivity contribution is 5.85. The topological polar surface area (TPSA) is 15.3 Å². The van der Waals surface area contributed by atoms with Crippen molar-refractivity contribution in [1.82, 2.24) is 10.2 Å². The fourth-order valence-corrected chi connectivity index (χ4v) is 3.88.